The van der Waals surface area contributed by atoms with Crippen molar-refractivity contribution in [3.63, 3.8) is 0 Å². The van der Waals surface area contributed by atoms with Crippen LogP contribution in [0.2, 0.25) is 0 Å². The monoisotopic (exact) mass is 296 g/mol. The summed E-state index contributed by atoms with van der Waals surface area (Å²) in [6, 6.07) is 0.330. The first-order valence-electron chi connectivity index (χ1n) is 8.67. The molecule has 1 aliphatic carbocycles. The van der Waals surface area contributed by atoms with Crippen LogP contribution in [-0.2, 0) is 9.53 Å². The molecule has 2 N–H and O–H groups in total. The second-order valence-electron chi connectivity index (χ2n) is 6.90. The van der Waals surface area contributed by atoms with Crippen molar-refractivity contribution in [2.75, 3.05) is 13.1 Å². The van der Waals surface area contributed by atoms with Gasteiger partial charge >= 0.3 is 0 Å². The molecule has 4 nitrogen and oxygen atoms in total. The summed E-state index contributed by atoms with van der Waals surface area (Å²) in [5.74, 6) is 1.04. The van der Waals surface area contributed by atoms with Gasteiger partial charge < -0.3 is 15.4 Å². The third-order valence-corrected chi connectivity index (χ3v) is 5.72. The highest BCUT2D eigenvalue weighted by Crippen LogP contribution is 2.36. The van der Waals surface area contributed by atoms with Gasteiger partial charge in [-0.1, -0.05) is 19.8 Å². The van der Waals surface area contributed by atoms with E-state index in [2.05, 4.69) is 25.7 Å². The standard InChI is InChI=1S/C17H32N2O2/c1-5-19(15-9-7-6-8-14(15)10-18)17(20)16-11(2)12(3)21-13(16)4/h11-16H,5-10,18H2,1-4H3. The zero-order chi connectivity index (χ0) is 15.6. The van der Waals surface area contributed by atoms with Crippen LogP contribution in [0.5, 0.6) is 0 Å². The molecule has 2 rings (SSSR count). The minimum Gasteiger partial charge on any atom is -0.374 e. The van der Waals surface area contributed by atoms with Crippen molar-refractivity contribution in [3.05, 3.63) is 0 Å². The van der Waals surface area contributed by atoms with Gasteiger partial charge in [0.1, 0.15) is 0 Å². The zero-order valence-electron chi connectivity index (χ0n) is 14.0. The van der Waals surface area contributed by atoms with Crippen LogP contribution in [0, 0.1) is 17.8 Å². The van der Waals surface area contributed by atoms with Gasteiger partial charge in [0.25, 0.3) is 0 Å². The maximum Gasteiger partial charge on any atom is 0.228 e. The maximum absolute atomic E-state index is 13.1. The van der Waals surface area contributed by atoms with Gasteiger partial charge in [-0.05, 0) is 52.0 Å². The fraction of sp³-hybridized carbons (Fsp3) is 0.941. The normalized spacial score (nSPS) is 40.2. The number of carbonyl (C=O) groups excluding carboxylic acids is 1. The molecule has 2 aliphatic rings. The Hall–Kier alpha value is -0.610. The number of nitrogens with zero attached hydrogens (tertiary/aromatic N) is 1. The largest absolute Gasteiger partial charge is 0.374 e. The molecule has 122 valence electrons. The first kappa shape index (κ1) is 16.8. The van der Waals surface area contributed by atoms with Crippen molar-refractivity contribution in [1.82, 2.24) is 4.90 Å². The summed E-state index contributed by atoms with van der Waals surface area (Å²) < 4.78 is 5.87. The van der Waals surface area contributed by atoms with Crippen molar-refractivity contribution in [2.24, 2.45) is 23.5 Å². The average Bonchev–Trinajstić information content (AvgIpc) is 2.73. The van der Waals surface area contributed by atoms with Gasteiger partial charge in [-0.3, -0.25) is 4.79 Å². The summed E-state index contributed by atoms with van der Waals surface area (Å²) in [6.45, 7) is 9.83. The van der Waals surface area contributed by atoms with Crippen LogP contribution >= 0.6 is 0 Å². The van der Waals surface area contributed by atoms with E-state index in [1.54, 1.807) is 0 Å². The third kappa shape index (κ3) is 3.26. The summed E-state index contributed by atoms with van der Waals surface area (Å²) in [5, 5.41) is 0. The van der Waals surface area contributed by atoms with Gasteiger partial charge in [0.2, 0.25) is 5.91 Å². The van der Waals surface area contributed by atoms with Crippen LogP contribution in [-0.4, -0.2) is 42.1 Å². The Morgan fingerprint density at radius 3 is 2.38 bits per heavy atom. The second kappa shape index (κ2) is 7.10. The lowest BCUT2D eigenvalue weighted by atomic mass is 9.81. The third-order valence-electron chi connectivity index (χ3n) is 5.72. The maximum atomic E-state index is 13.1. The molecule has 2 fully saturated rings. The van der Waals surface area contributed by atoms with Crippen LogP contribution in [0.4, 0.5) is 0 Å². The molecule has 21 heavy (non-hydrogen) atoms. The van der Waals surface area contributed by atoms with E-state index in [9.17, 15) is 4.79 Å². The Bertz CT molecular complexity index is 361. The lowest BCUT2D eigenvalue weighted by Gasteiger charge is -2.41. The predicted molar refractivity (Wildman–Crippen MR) is 84.9 cm³/mol. The van der Waals surface area contributed by atoms with E-state index in [0.717, 1.165) is 19.4 Å². The first-order valence-corrected chi connectivity index (χ1v) is 8.67. The number of nitrogens with two attached hydrogens (primary N) is 1. The number of amides is 1. The molecule has 0 aromatic rings. The predicted octanol–water partition coefficient (Wildman–Crippen LogP) is 2.41. The van der Waals surface area contributed by atoms with Crippen molar-refractivity contribution >= 4 is 5.91 Å². The second-order valence-corrected chi connectivity index (χ2v) is 6.90. The Morgan fingerprint density at radius 2 is 1.86 bits per heavy atom. The van der Waals surface area contributed by atoms with Crippen molar-refractivity contribution in [2.45, 2.75) is 71.6 Å². The van der Waals surface area contributed by atoms with E-state index in [4.69, 9.17) is 10.5 Å². The first-order chi connectivity index (χ1) is 10.0. The Balaban J connectivity index is 2.14. The number of rotatable bonds is 4. The van der Waals surface area contributed by atoms with Crippen LogP contribution in [0.15, 0.2) is 0 Å². The van der Waals surface area contributed by atoms with Gasteiger partial charge in [-0.15, -0.1) is 0 Å². The SMILES string of the molecule is CCN(C(=O)C1C(C)OC(C)C1C)C1CCCCC1CN. The molecule has 4 heteroatoms. The van der Waals surface area contributed by atoms with Crippen molar-refractivity contribution in [3.8, 4) is 0 Å². The molecule has 1 amide bonds. The summed E-state index contributed by atoms with van der Waals surface area (Å²) >= 11 is 0. The van der Waals surface area contributed by atoms with Crippen LogP contribution < -0.4 is 5.73 Å². The van der Waals surface area contributed by atoms with Gasteiger partial charge in [0.05, 0.1) is 18.1 Å². The minimum absolute atomic E-state index is 0.000279. The van der Waals surface area contributed by atoms with Gasteiger partial charge in [-0.25, -0.2) is 0 Å². The highest BCUT2D eigenvalue weighted by Gasteiger charge is 2.45. The molecule has 0 bridgehead atoms. The molecule has 0 radical (unpaired) electrons. The highest BCUT2D eigenvalue weighted by atomic mass is 16.5. The van der Waals surface area contributed by atoms with Crippen molar-refractivity contribution < 1.29 is 9.53 Å². The smallest absolute Gasteiger partial charge is 0.228 e. The Labute approximate surface area is 129 Å². The summed E-state index contributed by atoms with van der Waals surface area (Å²) in [5.41, 5.74) is 5.95. The molecular weight excluding hydrogens is 264 g/mol. The van der Waals surface area contributed by atoms with Gasteiger partial charge in [0, 0.05) is 12.6 Å². The van der Waals surface area contributed by atoms with E-state index in [1.165, 1.54) is 12.8 Å². The number of hydrogen-bond acceptors (Lipinski definition) is 3. The molecule has 6 unspecified atom stereocenters. The van der Waals surface area contributed by atoms with Crippen LogP contribution in [0.3, 0.4) is 0 Å². The number of hydrogen-bond donors (Lipinski definition) is 1. The fourth-order valence-corrected chi connectivity index (χ4v) is 4.31. The molecule has 1 saturated carbocycles. The van der Waals surface area contributed by atoms with Crippen molar-refractivity contribution in [1.29, 1.82) is 0 Å². The van der Waals surface area contributed by atoms with Gasteiger partial charge in [0.15, 0.2) is 0 Å². The lowest BCUT2D eigenvalue weighted by molar-refractivity contribution is -0.142. The molecule has 1 heterocycles. The van der Waals surface area contributed by atoms with E-state index >= 15 is 0 Å². The van der Waals surface area contributed by atoms with E-state index in [0.29, 0.717) is 24.4 Å². The molecule has 6 atom stereocenters. The van der Waals surface area contributed by atoms with Gasteiger partial charge in [-0.2, -0.15) is 0 Å². The molecule has 1 aliphatic heterocycles. The number of ether oxygens (including phenoxy) is 1. The lowest BCUT2D eigenvalue weighted by Crippen LogP contribution is -2.51. The minimum atomic E-state index is 0.000279. The van der Waals surface area contributed by atoms with Crippen LogP contribution in [0.25, 0.3) is 0 Å². The fourth-order valence-electron chi connectivity index (χ4n) is 4.31. The Kier molecular flexibility index (Phi) is 5.67. The van der Waals surface area contributed by atoms with Crippen LogP contribution in [0.1, 0.15) is 53.4 Å². The van der Waals surface area contributed by atoms with E-state index in [1.807, 2.05) is 6.92 Å². The van der Waals surface area contributed by atoms with E-state index < -0.39 is 0 Å². The summed E-state index contributed by atoms with van der Waals surface area (Å²) in [7, 11) is 0. The average molecular weight is 296 g/mol. The van der Waals surface area contributed by atoms with E-state index in [-0.39, 0.29) is 24.0 Å². The number of carbonyl (C=O) groups is 1. The molecule has 0 aromatic carbocycles. The molecule has 0 aromatic heterocycles. The zero-order valence-corrected chi connectivity index (χ0v) is 14.0. The Morgan fingerprint density at radius 1 is 1.19 bits per heavy atom. The quantitative estimate of drug-likeness (QED) is 0.867. The summed E-state index contributed by atoms with van der Waals surface area (Å²) in [4.78, 5) is 15.2. The molecule has 0 spiro atoms. The topological polar surface area (TPSA) is 55.6 Å². The summed E-state index contributed by atoms with van der Waals surface area (Å²) in [6.07, 6.45) is 4.93. The highest BCUT2D eigenvalue weighted by molar-refractivity contribution is 5.80. The molecular formula is C17H32N2O2. The molecule has 1 saturated heterocycles.